The van der Waals surface area contributed by atoms with Crippen LogP contribution in [0, 0.1) is 0 Å². The average molecular weight is 349 g/mol. The molecule has 0 aromatic heterocycles. The summed E-state index contributed by atoms with van der Waals surface area (Å²) in [5.41, 5.74) is 2.15. The molecule has 5 rings (SSSR count). The van der Waals surface area contributed by atoms with Crippen molar-refractivity contribution < 1.29 is 19.1 Å². The molecule has 1 atom stereocenters. The second kappa shape index (κ2) is 5.32. The van der Waals surface area contributed by atoms with Gasteiger partial charge in [0.15, 0.2) is 6.73 Å². The molecule has 26 heavy (non-hydrogen) atoms. The van der Waals surface area contributed by atoms with E-state index in [9.17, 15) is 14.4 Å². The van der Waals surface area contributed by atoms with Crippen molar-refractivity contribution in [1.29, 1.82) is 0 Å². The fourth-order valence-corrected chi connectivity index (χ4v) is 3.85. The van der Waals surface area contributed by atoms with Gasteiger partial charge in [-0.3, -0.25) is 24.6 Å². The number of piperidine rings is 1. The molecule has 0 radical (unpaired) electrons. The van der Waals surface area contributed by atoms with Crippen molar-refractivity contribution in [2.45, 2.75) is 18.9 Å². The van der Waals surface area contributed by atoms with E-state index in [1.165, 1.54) is 4.90 Å². The van der Waals surface area contributed by atoms with Gasteiger partial charge in [-0.15, -0.1) is 0 Å². The molecule has 1 fully saturated rings. The number of hydrogen-bond donors (Lipinski definition) is 1. The third kappa shape index (κ3) is 2.03. The Morgan fingerprint density at radius 3 is 2.81 bits per heavy atom. The normalized spacial score (nSPS) is 21.5. The zero-order chi connectivity index (χ0) is 17.8. The van der Waals surface area contributed by atoms with Gasteiger partial charge in [0.25, 0.3) is 5.91 Å². The Morgan fingerprint density at radius 2 is 2.04 bits per heavy atom. The number of ether oxygens (including phenoxy) is 1. The molecule has 7 nitrogen and oxygen atoms in total. The van der Waals surface area contributed by atoms with E-state index in [1.54, 1.807) is 6.26 Å². The summed E-state index contributed by atoms with van der Waals surface area (Å²) < 4.78 is 5.24. The second-order valence-electron chi connectivity index (χ2n) is 6.56. The Kier molecular flexibility index (Phi) is 3.06. The predicted molar refractivity (Wildman–Crippen MR) is 94.5 cm³/mol. The van der Waals surface area contributed by atoms with Crippen LogP contribution in [0.3, 0.4) is 0 Å². The van der Waals surface area contributed by atoms with E-state index in [2.05, 4.69) is 5.32 Å². The molecule has 0 saturated carbocycles. The lowest BCUT2D eigenvalue weighted by Gasteiger charge is -2.30. The molecular formula is C19H15N3O4. The Bertz CT molecular complexity index is 1010. The summed E-state index contributed by atoms with van der Waals surface area (Å²) in [4.78, 5) is 40.4. The lowest BCUT2D eigenvalue weighted by Crippen LogP contribution is -2.53. The van der Waals surface area contributed by atoms with Gasteiger partial charge in [0.1, 0.15) is 12.3 Å². The van der Waals surface area contributed by atoms with Crippen LogP contribution in [0.2, 0.25) is 0 Å². The highest BCUT2D eigenvalue weighted by Gasteiger charge is 2.40. The average Bonchev–Trinajstić information content (AvgIpc) is 3.25. The highest BCUT2D eigenvalue weighted by Crippen LogP contribution is 2.41. The summed E-state index contributed by atoms with van der Waals surface area (Å²) in [5.74, 6) is -0.927. The van der Waals surface area contributed by atoms with Crippen LogP contribution in [0.1, 0.15) is 23.2 Å². The second-order valence-corrected chi connectivity index (χ2v) is 6.56. The lowest BCUT2D eigenvalue weighted by atomic mass is 10.0. The van der Waals surface area contributed by atoms with Gasteiger partial charge < -0.3 is 9.64 Å². The molecule has 3 heterocycles. The topological polar surface area (TPSA) is 79.0 Å². The van der Waals surface area contributed by atoms with E-state index in [1.807, 2.05) is 41.4 Å². The summed E-state index contributed by atoms with van der Waals surface area (Å²) >= 11 is 0. The van der Waals surface area contributed by atoms with Gasteiger partial charge >= 0.3 is 0 Å². The van der Waals surface area contributed by atoms with Crippen LogP contribution in [0.15, 0.2) is 42.8 Å². The van der Waals surface area contributed by atoms with Crippen molar-refractivity contribution in [3.63, 3.8) is 0 Å². The van der Waals surface area contributed by atoms with Gasteiger partial charge in [0.05, 0.1) is 11.3 Å². The number of nitrogens with zero attached hydrogens (tertiary/aromatic N) is 2. The van der Waals surface area contributed by atoms with Crippen LogP contribution in [0.25, 0.3) is 10.8 Å². The zero-order valence-corrected chi connectivity index (χ0v) is 13.8. The lowest BCUT2D eigenvalue weighted by molar-refractivity contribution is -0.134. The minimum Gasteiger partial charge on any atom is -0.479 e. The molecular weight excluding hydrogens is 334 g/mol. The fourth-order valence-electron chi connectivity index (χ4n) is 3.85. The first kappa shape index (κ1) is 14.9. The van der Waals surface area contributed by atoms with Crippen LogP contribution in [0.5, 0.6) is 0 Å². The van der Waals surface area contributed by atoms with Gasteiger partial charge in [0, 0.05) is 23.7 Å². The highest BCUT2D eigenvalue weighted by atomic mass is 16.5. The van der Waals surface area contributed by atoms with E-state index in [0.717, 1.165) is 22.1 Å². The number of anilines is 2. The first-order chi connectivity index (χ1) is 12.6. The van der Waals surface area contributed by atoms with Gasteiger partial charge in [-0.25, -0.2) is 0 Å². The number of amides is 3. The number of imide groups is 1. The molecule has 2 aromatic rings. The fraction of sp³-hybridized carbons (Fsp3) is 0.211. The molecule has 3 aliphatic heterocycles. The third-order valence-corrected chi connectivity index (χ3v) is 5.05. The molecule has 0 aliphatic carbocycles. The summed E-state index contributed by atoms with van der Waals surface area (Å²) in [6.07, 6.45) is 3.98. The number of carbonyl (C=O) groups is 3. The quantitative estimate of drug-likeness (QED) is 0.838. The first-order valence-corrected chi connectivity index (χ1v) is 8.42. The monoisotopic (exact) mass is 349 g/mol. The van der Waals surface area contributed by atoms with E-state index in [0.29, 0.717) is 18.7 Å². The smallest absolute Gasteiger partial charge is 0.259 e. The molecule has 1 N–H and O–H groups in total. The van der Waals surface area contributed by atoms with Crippen molar-refractivity contribution in [1.82, 2.24) is 5.32 Å². The van der Waals surface area contributed by atoms with Crippen LogP contribution in [-0.4, -0.2) is 30.5 Å². The maximum absolute atomic E-state index is 13.2. The van der Waals surface area contributed by atoms with E-state index in [-0.39, 0.29) is 18.2 Å². The number of rotatable bonds is 2. The molecule has 0 spiro atoms. The van der Waals surface area contributed by atoms with Crippen LogP contribution in [-0.2, 0) is 14.3 Å². The molecule has 3 aliphatic rings. The summed E-state index contributed by atoms with van der Waals surface area (Å²) in [6, 6.07) is 8.84. The summed E-state index contributed by atoms with van der Waals surface area (Å²) in [7, 11) is 0. The number of hydrogen-bond acceptors (Lipinski definition) is 5. The summed E-state index contributed by atoms with van der Waals surface area (Å²) in [5, 5.41) is 4.11. The highest BCUT2D eigenvalue weighted by molar-refractivity contribution is 6.27. The van der Waals surface area contributed by atoms with E-state index >= 15 is 0 Å². The largest absolute Gasteiger partial charge is 0.479 e. The molecule has 7 heteroatoms. The number of carbonyl (C=O) groups excluding carboxylic acids is 3. The molecule has 1 unspecified atom stereocenters. The van der Waals surface area contributed by atoms with Crippen LogP contribution in [0.4, 0.5) is 11.4 Å². The number of nitrogens with one attached hydrogen (secondary N) is 1. The maximum Gasteiger partial charge on any atom is 0.259 e. The minimum atomic E-state index is -0.670. The molecule has 3 amide bonds. The zero-order valence-electron chi connectivity index (χ0n) is 13.8. The Morgan fingerprint density at radius 1 is 1.15 bits per heavy atom. The van der Waals surface area contributed by atoms with Gasteiger partial charge in [-0.2, -0.15) is 0 Å². The number of benzene rings is 2. The van der Waals surface area contributed by atoms with Gasteiger partial charge in [-0.1, -0.05) is 12.1 Å². The van der Waals surface area contributed by atoms with Crippen LogP contribution < -0.4 is 15.1 Å². The Balaban J connectivity index is 1.63. The Hall–Kier alpha value is -3.35. The van der Waals surface area contributed by atoms with Crippen LogP contribution >= 0.6 is 0 Å². The minimum absolute atomic E-state index is 0.211. The van der Waals surface area contributed by atoms with Gasteiger partial charge in [-0.05, 0) is 30.0 Å². The molecule has 0 bridgehead atoms. The van der Waals surface area contributed by atoms with Crippen molar-refractivity contribution in [2.24, 2.45) is 0 Å². The molecule has 1 saturated heterocycles. The third-order valence-electron chi connectivity index (χ3n) is 5.05. The standard InChI is InChI=1S/C19H15N3O4/c23-16-5-4-15(18(24)20-16)22-14-3-1-2-11-8-12(21-6-7-26-10-21)9-13(17(11)14)19(22)25/h1-3,6-9,15H,4-5,10H2,(H,20,23,24). The maximum atomic E-state index is 13.2. The SMILES string of the molecule is O=C1CCC(N2C(=O)c3cc(N4C=COC4)cc4cccc2c34)C(=O)N1. The van der Waals surface area contributed by atoms with Crippen molar-refractivity contribution >= 4 is 39.9 Å². The molecule has 2 aromatic carbocycles. The molecule has 130 valence electrons. The van der Waals surface area contributed by atoms with Gasteiger partial charge in [0.2, 0.25) is 11.8 Å². The van der Waals surface area contributed by atoms with Crippen molar-refractivity contribution in [3.8, 4) is 0 Å². The Labute approximate surface area is 148 Å². The first-order valence-electron chi connectivity index (χ1n) is 8.42. The van der Waals surface area contributed by atoms with E-state index < -0.39 is 11.9 Å². The predicted octanol–water partition coefficient (Wildman–Crippen LogP) is 1.87. The van der Waals surface area contributed by atoms with Crippen molar-refractivity contribution in [3.05, 3.63) is 48.4 Å². The van der Waals surface area contributed by atoms with Crippen molar-refractivity contribution in [2.75, 3.05) is 16.5 Å². The summed E-state index contributed by atoms with van der Waals surface area (Å²) in [6.45, 7) is 0.398. The van der Waals surface area contributed by atoms with E-state index in [4.69, 9.17) is 4.74 Å².